The molecule has 0 amide bonds. The molecule has 2 aliphatic rings. The van der Waals surface area contributed by atoms with Crippen LogP contribution in [0, 0.1) is 0 Å². The van der Waals surface area contributed by atoms with E-state index in [0.29, 0.717) is 17.8 Å². The zero-order valence-corrected chi connectivity index (χ0v) is 13.6. The van der Waals surface area contributed by atoms with E-state index in [1.54, 1.807) is 18.2 Å². The fourth-order valence-electron chi connectivity index (χ4n) is 3.31. The molecule has 2 aliphatic heterocycles. The Morgan fingerprint density at radius 3 is 2.54 bits per heavy atom. The first-order valence-corrected chi connectivity index (χ1v) is 8.01. The first-order valence-electron chi connectivity index (χ1n) is 8.01. The Balaban J connectivity index is 1.90. The van der Waals surface area contributed by atoms with E-state index >= 15 is 0 Å². The molecule has 0 atom stereocenters. The molecule has 24 heavy (non-hydrogen) atoms. The molecule has 2 nitrogen and oxygen atoms in total. The molecule has 0 fully saturated rings. The molecular weight excluding hydrogens is 306 g/mol. The Morgan fingerprint density at radius 1 is 1.00 bits per heavy atom. The fraction of sp³-hybridized carbons (Fsp3) is 0.250. The summed E-state index contributed by atoms with van der Waals surface area (Å²) in [5, 5.41) is 3.35. The summed E-state index contributed by atoms with van der Waals surface area (Å²) >= 11 is 0. The molecule has 0 saturated heterocycles. The summed E-state index contributed by atoms with van der Waals surface area (Å²) in [7, 11) is 0. The zero-order chi connectivity index (χ0) is 16.9. The molecule has 0 aliphatic carbocycles. The number of benzene rings is 2. The van der Waals surface area contributed by atoms with Gasteiger partial charge in [0, 0.05) is 23.4 Å². The van der Waals surface area contributed by atoms with Gasteiger partial charge in [-0.3, -0.25) is 4.99 Å². The average Bonchev–Trinajstić information content (AvgIpc) is 2.58. The predicted octanol–water partition coefficient (Wildman–Crippen LogP) is 4.87. The smallest absolute Gasteiger partial charge is 0.297 e. The van der Waals surface area contributed by atoms with Crippen LogP contribution in [0.25, 0.3) is 6.08 Å². The van der Waals surface area contributed by atoms with Gasteiger partial charge in [0.25, 0.3) is 5.92 Å². The molecule has 4 rings (SSSR count). The molecule has 0 saturated carbocycles. The number of anilines is 1. The van der Waals surface area contributed by atoms with E-state index in [1.165, 1.54) is 19.9 Å². The molecule has 0 aromatic heterocycles. The summed E-state index contributed by atoms with van der Waals surface area (Å²) in [6.45, 7) is 3.56. The highest BCUT2D eigenvalue weighted by Gasteiger charge is 2.52. The second kappa shape index (κ2) is 5.00. The van der Waals surface area contributed by atoms with Gasteiger partial charge in [-0.05, 0) is 37.1 Å². The summed E-state index contributed by atoms with van der Waals surface area (Å²) in [6.07, 6.45) is 2.04. The highest BCUT2D eigenvalue weighted by atomic mass is 19.3. The Bertz CT molecular complexity index is 879. The van der Waals surface area contributed by atoms with Gasteiger partial charge in [0.1, 0.15) is 5.54 Å². The van der Waals surface area contributed by atoms with E-state index in [9.17, 15) is 8.78 Å². The van der Waals surface area contributed by atoms with Gasteiger partial charge in [-0.25, -0.2) is 0 Å². The first kappa shape index (κ1) is 15.1. The maximum absolute atomic E-state index is 14.8. The second-order valence-corrected chi connectivity index (χ2v) is 6.75. The van der Waals surface area contributed by atoms with Gasteiger partial charge in [0.2, 0.25) is 0 Å². The van der Waals surface area contributed by atoms with Crippen LogP contribution in [0.4, 0.5) is 14.5 Å². The van der Waals surface area contributed by atoms with Gasteiger partial charge in [0.05, 0.1) is 5.71 Å². The van der Waals surface area contributed by atoms with Crippen LogP contribution in [0.2, 0.25) is 0 Å². The lowest BCUT2D eigenvalue weighted by Crippen LogP contribution is -2.44. The van der Waals surface area contributed by atoms with Crippen LogP contribution in [-0.4, -0.2) is 17.8 Å². The number of fused-ring (bicyclic) bond motifs is 2. The van der Waals surface area contributed by atoms with E-state index in [1.807, 2.05) is 30.3 Å². The van der Waals surface area contributed by atoms with Gasteiger partial charge in [-0.15, -0.1) is 0 Å². The molecule has 0 spiro atoms. The van der Waals surface area contributed by atoms with Crippen LogP contribution in [0.3, 0.4) is 0 Å². The number of aliphatic imine (C=N–C) groups is 1. The molecule has 122 valence electrons. The van der Waals surface area contributed by atoms with Crippen molar-refractivity contribution >= 4 is 17.5 Å². The lowest BCUT2D eigenvalue weighted by molar-refractivity contribution is -0.0682. The predicted molar refractivity (Wildman–Crippen MR) is 93.9 cm³/mol. The summed E-state index contributed by atoms with van der Waals surface area (Å²) in [5.74, 6) is -2.99. The van der Waals surface area contributed by atoms with E-state index in [-0.39, 0.29) is 5.56 Å². The molecule has 2 heterocycles. The highest BCUT2D eigenvalue weighted by molar-refractivity contribution is 6.18. The van der Waals surface area contributed by atoms with Crippen molar-refractivity contribution in [1.29, 1.82) is 0 Å². The van der Waals surface area contributed by atoms with Crippen molar-refractivity contribution < 1.29 is 8.78 Å². The monoisotopic (exact) mass is 324 g/mol. The molecule has 2 aromatic rings. The third kappa shape index (κ3) is 2.09. The second-order valence-electron chi connectivity index (χ2n) is 6.75. The molecule has 2 aromatic carbocycles. The minimum absolute atomic E-state index is 0.0553. The standard InChI is InChI=1S/C20H18F2N2/c1-19(2)20(21,22)16-9-5-4-8-15(16)18(24-19)14-11-13-7-3-6-10-17(13)23-12-14/h3-11,23H,12H2,1-2H3. The van der Waals surface area contributed by atoms with E-state index < -0.39 is 11.5 Å². The van der Waals surface area contributed by atoms with Crippen molar-refractivity contribution in [3.8, 4) is 0 Å². The van der Waals surface area contributed by atoms with Crippen LogP contribution in [0.15, 0.2) is 59.1 Å². The maximum Gasteiger partial charge on any atom is 0.297 e. The van der Waals surface area contributed by atoms with Gasteiger partial charge >= 0.3 is 0 Å². The van der Waals surface area contributed by atoms with Crippen LogP contribution >= 0.6 is 0 Å². The summed E-state index contributed by atoms with van der Waals surface area (Å²) in [6, 6.07) is 14.7. The summed E-state index contributed by atoms with van der Waals surface area (Å²) < 4.78 is 29.6. The average molecular weight is 324 g/mol. The molecule has 0 bridgehead atoms. The molecule has 4 heteroatoms. The van der Waals surface area contributed by atoms with Crippen molar-refractivity contribution in [2.75, 3.05) is 11.9 Å². The normalized spacial score (nSPS) is 20.2. The Morgan fingerprint density at radius 2 is 1.71 bits per heavy atom. The van der Waals surface area contributed by atoms with Gasteiger partial charge in [-0.2, -0.15) is 8.78 Å². The van der Waals surface area contributed by atoms with Crippen molar-refractivity contribution in [2.45, 2.75) is 25.3 Å². The van der Waals surface area contributed by atoms with E-state index in [0.717, 1.165) is 16.8 Å². The number of alkyl halides is 2. The van der Waals surface area contributed by atoms with Crippen molar-refractivity contribution in [2.24, 2.45) is 4.99 Å². The Kier molecular flexibility index (Phi) is 3.14. The number of halogens is 2. The lowest BCUT2D eigenvalue weighted by Gasteiger charge is -2.38. The Labute approximate surface area is 139 Å². The van der Waals surface area contributed by atoms with Crippen LogP contribution < -0.4 is 5.32 Å². The lowest BCUT2D eigenvalue weighted by atomic mass is 9.81. The van der Waals surface area contributed by atoms with Gasteiger partial charge in [-0.1, -0.05) is 42.5 Å². The SMILES string of the molecule is CC1(C)N=C(C2=Cc3ccccc3NC2)c2ccccc2C1(F)F. The maximum atomic E-state index is 14.8. The topological polar surface area (TPSA) is 24.4 Å². The number of hydrogen-bond donors (Lipinski definition) is 1. The Hall–Kier alpha value is -2.49. The highest BCUT2D eigenvalue weighted by Crippen LogP contribution is 2.47. The fourth-order valence-corrected chi connectivity index (χ4v) is 3.31. The summed E-state index contributed by atoms with van der Waals surface area (Å²) in [5.41, 5.74) is 2.79. The largest absolute Gasteiger partial charge is 0.380 e. The van der Waals surface area contributed by atoms with Crippen LogP contribution in [0.5, 0.6) is 0 Å². The van der Waals surface area contributed by atoms with Crippen molar-refractivity contribution in [3.63, 3.8) is 0 Å². The first-order chi connectivity index (χ1) is 11.4. The molecule has 0 unspecified atom stereocenters. The van der Waals surface area contributed by atoms with Gasteiger partial charge < -0.3 is 5.32 Å². The molecular formula is C20H18F2N2. The molecule has 0 radical (unpaired) electrons. The van der Waals surface area contributed by atoms with Gasteiger partial charge in [0.15, 0.2) is 0 Å². The van der Waals surface area contributed by atoms with E-state index in [2.05, 4.69) is 10.3 Å². The number of nitrogens with zero attached hydrogens (tertiary/aromatic N) is 1. The third-order valence-corrected chi connectivity index (χ3v) is 4.74. The van der Waals surface area contributed by atoms with E-state index in [4.69, 9.17) is 0 Å². The quantitative estimate of drug-likeness (QED) is 0.795. The number of para-hydroxylation sites is 1. The third-order valence-electron chi connectivity index (χ3n) is 4.74. The van der Waals surface area contributed by atoms with Crippen molar-refractivity contribution in [3.05, 3.63) is 70.8 Å². The van der Waals surface area contributed by atoms with Crippen LogP contribution in [0.1, 0.15) is 30.5 Å². The number of rotatable bonds is 1. The minimum Gasteiger partial charge on any atom is -0.380 e. The minimum atomic E-state index is -2.99. The molecule has 1 N–H and O–H groups in total. The summed E-state index contributed by atoms with van der Waals surface area (Å²) in [4.78, 5) is 4.46. The van der Waals surface area contributed by atoms with Crippen molar-refractivity contribution in [1.82, 2.24) is 0 Å². The van der Waals surface area contributed by atoms with Crippen LogP contribution in [-0.2, 0) is 5.92 Å². The number of hydrogen-bond acceptors (Lipinski definition) is 2. The zero-order valence-electron chi connectivity index (χ0n) is 13.6. The number of nitrogens with one attached hydrogen (secondary N) is 1.